The number of rotatable bonds is 3. The second-order valence-corrected chi connectivity index (χ2v) is 5.83. The fourth-order valence-corrected chi connectivity index (χ4v) is 3.01. The molecule has 0 spiro atoms. The molecule has 1 saturated heterocycles. The van der Waals surface area contributed by atoms with Crippen molar-refractivity contribution in [1.82, 2.24) is 4.90 Å². The largest absolute Gasteiger partial charge is 0.389 e. The number of piperidine rings is 1. The van der Waals surface area contributed by atoms with Crippen LogP contribution in [-0.2, 0) is 6.42 Å². The number of benzene rings is 1. The third-order valence-electron chi connectivity index (χ3n) is 4.05. The number of nitrogens with zero attached hydrogens (tertiary/aromatic N) is 1. The van der Waals surface area contributed by atoms with Gasteiger partial charge in [-0.1, -0.05) is 36.2 Å². The molecule has 1 fully saturated rings. The topological polar surface area (TPSA) is 23.5 Å². The lowest BCUT2D eigenvalue weighted by Gasteiger charge is -2.38. The minimum Gasteiger partial charge on any atom is -0.389 e. The van der Waals surface area contributed by atoms with Gasteiger partial charge in [-0.15, -0.1) is 0 Å². The van der Waals surface area contributed by atoms with Gasteiger partial charge in [-0.3, -0.25) is 0 Å². The number of hydrogen-bond acceptors (Lipinski definition) is 2. The zero-order chi connectivity index (χ0) is 13.2. The normalized spacial score (nSPS) is 20.0. The Hall–Kier alpha value is -0.860. The monoisotopic (exact) mass is 247 g/mol. The zero-order valence-electron chi connectivity index (χ0n) is 11.9. The van der Waals surface area contributed by atoms with Gasteiger partial charge in [0.2, 0.25) is 0 Å². The van der Waals surface area contributed by atoms with Crippen molar-refractivity contribution in [3.8, 4) is 0 Å². The van der Waals surface area contributed by atoms with Crippen molar-refractivity contribution >= 4 is 0 Å². The highest BCUT2D eigenvalue weighted by molar-refractivity contribution is 5.29. The molecule has 1 aliphatic heterocycles. The van der Waals surface area contributed by atoms with Crippen LogP contribution in [0.15, 0.2) is 18.2 Å². The van der Waals surface area contributed by atoms with Gasteiger partial charge in [-0.25, -0.2) is 0 Å². The smallest absolute Gasteiger partial charge is 0.0712 e. The fourth-order valence-electron chi connectivity index (χ4n) is 3.01. The molecule has 18 heavy (non-hydrogen) atoms. The number of likely N-dealkylation sites (tertiary alicyclic amines) is 1. The van der Waals surface area contributed by atoms with Crippen molar-refractivity contribution in [2.45, 2.75) is 45.6 Å². The van der Waals surface area contributed by atoms with Crippen molar-refractivity contribution < 1.29 is 5.11 Å². The van der Waals surface area contributed by atoms with E-state index >= 15 is 0 Å². The molecule has 2 heteroatoms. The molecule has 1 heterocycles. The molecule has 0 unspecified atom stereocenters. The van der Waals surface area contributed by atoms with Crippen LogP contribution in [0, 0.1) is 13.8 Å². The summed E-state index contributed by atoms with van der Waals surface area (Å²) in [6.07, 6.45) is 2.59. The van der Waals surface area contributed by atoms with Gasteiger partial charge in [-0.2, -0.15) is 0 Å². The van der Waals surface area contributed by atoms with Gasteiger partial charge < -0.3 is 10.0 Å². The van der Waals surface area contributed by atoms with E-state index in [-0.39, 0.29) is 0 Å². The fraction of sp³-hybridized carbons (Fsp3) is 0.625. The minimum atomic E-state index is -0.494. The Labute approximate surface area is 111 Å². The van der Waals surface area contributed by atoms with Gasteiger partial charge in [0.05, 0.1) is 5.60 Å². The predicted molar refractivity (Wildman–Crippen MR) is 75.9 cm³/mol. The Morgan fingerprint density at radius 3 is 2.17 bits per heavy atom. The summed E-state index contributed by atoms with van der Waals surface area (Å²) < 4.78 is 0. The first kappa shape index (κ1) is 13.6. The molecule has 0 aromatic heterocycles. The summed E-state index contributed by atoms with van der Waals surface area (Å²) in [6.45, 7) is 9.59. The highest BCUT2D eigenvalue weighted by atomic mass is 16.3. The van der Waals surface area contributed by atoms with E-state index in [1.54, 1.807) is 0 Å². The number of hydrogen-bond donors (Lipinski definition) is 1. The first-order chi connectivity index (χ1) is 8.50. The quantitative estimate of drug-likeness (QED) is 0.887. The SMILES string of the molecule is CCN1CCC(O)(Cc2cc(C)cc(C)c2)CC1. The first-order valence-electron chi connectivity index (χ1n) is 7.03. The van der Waals surface area contributed by atoms with Crippen molar-refractivity contribution in [2.24, 2.45) is 0 Å². The minimum absolute atomic E-state index is 0.494. The van der Waals surface area contributed by atoms with E-state index in [1.807, 2.05) is 0 Å². The summed E-state index contributed by atoms with van der Waals surface area (Å²) in [7, 11) is 0. The molecule has 0 atom stereocenters. The molecule has 1 N–H and O–H groups in total. The lowest BCUT2D eigenvalue weighted by atomic mass is 9.84. The molecular formula is C16H25NO. The van der Waals surface area contributed by atoms with Crippen LogP contribution < -0.4 is 0 Å². The Bertz CT molecular complexity index is 385. The van der Waals surface area contributed by atoms with Crippen LogP contribution in [0.25, 0.3) is 0 Å². The van der Waals surface area contributed by atoms with E-state index < -0.39 is 5.60 Å². The van der Waals surface area contributed by atoms with Crippen LogP contribution >= 0.6 is 0 Å². The van der Waals surface area contributed by atoms with Crippen LogP contribution in [-0.4, -0.2) is 35.2 Å². The van der Waals surface area contributed by atoms with Crippen LogP contribution in [0.3, 0.4) is 0 Å². The summed E-state index contributed by atoms with van der Waals surface area (Å²) in [5.41, 5.74) is 3.37. The third-order valence-corrected chi connectivity index (χ3v) is 4.05. The van der Waals surface area contributed by atoms with E-state index in [0.717, 1.165) is 38.9 Å². The maximum absolute atomic E-state index is 10.7. The van der Waals surface area contributed by atoms with Gasteiger partial charge in [-0.05, 0) is 38.8 Å². The molecule has 2 nitrogen and oxygen atoms in total. The highest BCUT2D eigenvalue weighted by Crippen LogP contribution is 2.27. The van der Waals surface area contributed by atoms with E-state index in [2.05, 4.69) is 43.9 Å². The Morgan fingerprint density at radius 2 is 1.67 bits per heavy atom. The van der Waals surface area contributed by atoms with Crippen LogP contribution in [0.1, 0.15) is 36.5 Å². The van der Waals surface area contributed by atoms with Crippen LogP contribution in [0.4, 0.5) is 0 Å². The Morgan fingerprint density at radius 1 is 1.11 bits per heavy atom. The number of aliphatic hydroxyl groups is 1. The van der Waals surface area contributed by atoms with Crippen molar-refractivity contribution in [3.05, 3.63) is 34.9 Å². The van der Waals surface area contributed by atoms with E-state index in [1.165, 1.54) is 16.7 Å². The molecule has 0 saturated carbocycles. The van der Waals surface area contributed by atoms with Gasteiger partial charge in [0.1, 0.15) is 0 Å². The molecule has 1 aromatic carbocycles. The molecular weight excluding hydrogens is 222 g/mol. The summed E-state index contributed by atoms with van der Waals surface area (Å²) >= 11 is 0. The zero-order valence-corrected chi connectivity index (χ0v) is 11.9. The summed E-state index contributed by atoms with van der Waals surface area (Å²) in [6, 6.07) is 6.60. The van der Waals surface area contributed by atoms with Gasteiger partial charge in [0, 0.05) is 19.5 Å². The average Bonchev–Trinajstić information content (AvgIpc) is 2.28. The predicted octanol–water partition coefficient (Wildman–Crippen LogP) is 2.69. The maximum Gasteiger partial charge on any atom is 0.0712 e. The van der Waals surface area contributed by atoms with E-state index in [9.17, 15) is 5.11 Å². The lowest BCUT2D eigenvalue weighted by Crippen LogP contribution is -2.45. The summed E-state index contributed by atoms with van der Waals surface area (Å²) in [4.78, 5) is 2.41. The third kappa shape index (κ3) is 3.33. The molecule has 1 aromatic rings. The first-order valence-corrected chi connectivity index (χ1v) is 7.03. The molecule has 1 aliphatic rings. The summed E-state index contributed by atoms with van der Waals surface area (Å²) in [5, 5.41) is 10.7. The Kier molecular flexibility index (Phi) is 4.08. The van der Waals surface area contributed by atoms with Gasteiger partial charge in [0.15, 0.2) is 0 Å². The van der Waals surface area contributed by atoms with Crippen LogP contribution in [0.2, 0.25) is 0 Å². The van der Waals surface area contributed by atoms with Crippen LogP contribution in [0.5, 0.6) is 0 Å². The van der Waals surface area contributed by atoms with Gasteiger partial charge >= 0.3 is 0 Å². The standard InChI is InChI=1S/C16H25NO/c1-4-17-7-5-16(18,6-8-17)12-15-10-13(2)9-14(3)11-15/h9-11,18H,4-8,12H2,1-3H3. The van der Waals surface area contributed by atoms with E-state index in [0.29, 0.717) is 0 Å². The molecule has 0 aliphatic carbocycles. The molecule has 0 radical (unpaired) electrons. The Balaban J connectivity index is 2.04. The molecule has 100 valence electrons. The summed E-state index contributed by atoms with van der Waals surface area (Å²) in [5.74, 6) is 0. The average molecular weight is 247 g/mol. The molecule has 2 rings (SSSR count). The lowest BCUT2D eigenvalue weighted by molar-refractivity contribution is -0.0194. The van der Waals surface area contributed by atoms with E-state index in [4.69, 9.17) is 0 Å². The van der Waals surface area contributed by atoms with Crippen molar-refractivity contribution in [2.75, 3.05) is 19.6 Å². The second-order valence-electron chi connectivity index (χ2n) is 5.83. The maximum atomic E-state index is 10.7. The second kappa shape index (κ2) is 5.41. The highest BCUT2D eigenvalue weighted by Gasteiger charge is 2.31. The number of aryl methyl sites for hydroxylation is 2. The van der Waals surface area contributed by atoms with Crippen molar-refractivity contribution in [3.63, 3.8) is 0 Å². The van der Waals surface area contributed by atoms with Crippen molar-refractivity contribution in [1.29, 1.82) is 0 Å². The van der Waals surface area contributed by atoms with Gasteiger partial charge in [0.25, 0.3) is 0 Å². The molecule has 0 bridgehead atoms. The molecule has 0 amide bonds.